The van der Waals surface area contributed by atoms with Gasteiger partial charge in [0.05, 0.1) is 6.04 Å². The number of hydrogen-bond acceptors (Lipinski definition) is 3. The van der Waals surface area contributed by atoms with Crippen LogP contribution in [-0.4, -0.2) is 22.1 Å². The Morgan fingerprint density at radius 2 is 1.90 bits per heavy atom. The molecule has 1 aliphatic heterocycles. The number of fused-ring (bicyclic) bond motifs is 1. The molecular weight excluding hydrogens is 264 g/mol. The molecule has 1 aromatic rings. The Hall–Kier alpha value is -1.94. The second kappa shape index (κ2) is 5.11. The maximum atomic E-state index is 12.4. The number of benzene rings is 1. The Morgan fingerprint density at radius 1 is 1.19 bits per heavy atom. The molecule has 0 radical (unpaired) electrons. The number of likely N-dealkylation sites (tertiary alicyclic amines) is 1. The molecule has 3 rings (SSSR count). The van der Waals surface area contributed by atoms with Crippen LogP contribution in [0.15, 0.2) is 42.1 Å². The van der Waals surface area contributed by atoms with Crippen molar-refractivity contribution < 1.29 is 9.59 Å². The minimum absolute atomic E-state index is 0.0494. The summed E-state index contributed by atoms with van der Waals surface area (Å²) in [6, 6.07) is 9.74. The second-order valence-electron chi connectivity index (χ2n) is 5.87. The zero-order valence-corrected chi connectivity index (χ0v) is 12.2. The SMILES string of the molecule is C[C@@H](c1ccccc1)N1C(=O)CC[C@@]2(N)C(=O)CCC=C12. The number of ketones is 1. The minimum atomic E-state index is -0.977. The van der Waals surface area contributed by atoms with Gasteiger partial charge in [-0.15, -0.1) is 0 Å². The van der Waals surface area contributed by atoms with Crippen LogP contribution in [0.25, 0.3) is 0 Å². The Labute approximate surface area is 124 Å². The average molecular weight is 284 g/mol. The highest BCUT2D eigenvalue weighted by Crippen LogP contribution is 2.39. The summed E-state index contributed by atoms with van der Waals surface area (Å²) in [5.41, 5.74) is 7.14. The van der Waals surface area contributed by atoms with Gasteiger partial charge in [-0.3, -0.25) is 9.59 Å². The number of amides is 1. The standard InChI is InChI=1S/C17H20N2O2/c1-12(13-6-3-2-4-7-13)19-14-8-5-9-15(20)17(14,18)11-10-16(19)21/h2-4,6-8,12H,5,9-11,18H2,1H3/t12-,17-/m0/s1. The molecule has 1 amide bonds. The fraction of sp³-hybridized carbons (Fsp3) is 0.412. The highest BCUT2D eigenvalue weighted by atomic mass is 16.2. The monoisotopic (exact) mass is 284 g/mol. The van der Waals surface area contributed by atoms with E-state index in [1.54, 1.807) is 4.90 Å². The fourth-order valence-corrected chi connectivity index (χ4v) is 3.33. The van der Waals surface area contributed by atoms with Crippen molar-refractivity contribution in [1.82, 2.24) is 4.90 Å². The zero-order chi connectivity index (χ0) is 15.0. The van der Waals surface area contributed by atoms with E-state index in [-0.39, 0.29) is 17.7 Å². The predicted molar refractivity (Wildman–Crippen MR) is 80.2 cm³/mol. The molecule has 0 saturated carbocycles. The lowest BCUT2D eigenvalue weighted by Crippen LogP contribution is -2.60. The summed E-state index contributed by atoms with van der Waals surface area (Å²) in [6.07, 6.45) is 3.86. The van der Waals surface area contributed by atoms with Gasteiger partial charge in [-0.1, -0.05) is 36.4 Å². The molecule has 21 heavy (non-hydrogen) atoms. The van der Waals surface area contributed by atoms with Gasteiger partial charge in [0.25, 0.3) is 0 Å². The lowest BCUT2D eigenvalue weighted by atomic mass is 9.76. The molecule has 1 aromatic carbocycles. The third-order valence-electron chi connectivity index (χ3n) is 4.59. The smallest absolute Gasteiger partial charge is 0.227 e. The predicted octanol–water partition coefficient (Wildman–Crippen LogP) is 2.31. The Bertz CT molecular complexity index is 608. The molecule has 2 atom stereocenters. The van der Waals surface area contributed by atoms with E-state index in [1.165, 1.54) is 0 Å². The molecule has 0 spiro atoms. The molecule has 4 nitrogen and oxygen atoms in total. The van der Waals surface area contributed by atoms with Crippen LogP contribution in [-0.2, 0) is 9.59 Å². The van der Waals surface area contributed by atoms with Gasteiger partial charge >= 0.3 is 0 Å². The van der Waals surface area contributed by atoms with Crippen molar-refractivity contribution in [1.29, 1.82) is 0 Å². The van der Waals surface area contributed by atoms with Crippen molar-refractivity contribution in [3.63, 3.8) is 0 Å². The van der Waals surface area contributed by atoms with Crippen LogP contribution < -0.4 is 5.73 Å². The maximum absolute atomic E-state index is 12.4. The quantitative estimate of drug-likeness (QED) is 0.906. The number of rotatable bonds is 2. The molecule has 1 heterocycles. The van der Waals surface area contributed by atoms with Gasteiger partial charge < -0.3 is 10.6 Å². The third-order valence-corrected chi connectivity index (χ3v) is 4.59. The van der Waals surface area contributed by atoms with E-state index in [9.17, 15) is 9.59 Å². The van der Waals surface area contributed by atoms with E-state index in [0.29, 0.717) is 31.4 Å². The molecule has 0 bridgehead atoms. The van der Waals surface area contributed by atoms with Crippen molar-refractivity contribution in [2.75, 3.05) is 0 Å². The van der Waals surface area contributed by atoms with Crippen molar-refractivity contribution >= 4 is 11.7 Å². The summed E-state index contributed by atoms with van der Waals surface area (Å²) in [4.78, 5) is 26.4. The molecule has 1 fully saturated rings. The van der Waals surface area contributed by atoms with Gasteiger partial charge in [0.2, 0.25) is 5.91 Å². The fourth-order valence-electron chi connectivity index (χ4n) is 3.33. The molecule has 0 aromatic heterocycles. The normalized spacial score (nSPS) is 27.1. The van der Waals surface area contributed by atoms with Crippen LogP contribution in [0.4, 0.5) is 0 Å². The van der Waals surface area contributed by atoms with Crippen LogP contribution in [0.1, 0.15) is 44.2 Å². The summed E-state index contributed by atoms with van der Waals surface area (Å²) < 4.78 is 0. The van der Waals surface area contributed by atoms with Crippen LogP contribution in [0.3, 0.4) is 0 Å². The number of carbonyl (C=O) groups excluding carboxylic acids is 2. The topological polar surface area (TPSA) is 63.4 Å². The second-order valence-corrected chi connectivity index (χ2v) is 5.87. The van der Waals surface area contributed by atoms with Crippen molar-refractivity contribution in [2.24, 2.45) is 5.73 Å². The summed E-state index contributed by atoms with van der Waals surface area (Å²) in [5, 5.41) is 0. The first-order valence-electron chi connectivity index (χ1n) is 7.44. The largest absolute Gasteiger partial charge is 0.314 e. The van der Waals surface area contributed by atoms with E-state index < -0.39 is 5.54 Å². The molecule has 2 N–H and O–H groups in total. The summed E-state index contributed by atoms with van der Waals surface area (Å²) >= 11 is 0. The number of nitrogens with two attached hydrogens (primary N) is 1. The summed E-state index contributed by atoms with van der Waals surface area (Å²) in [5.74, 6) is 0.103. The third kappa shape index (κ3) is 2.20. The van der Waals surface area contributed by atoms with Gasteiger partial charge in [-0.05, 0) is 25.3 Å². The molecular formula is C17H20N2O2. The van der Waals surface area contributed by atoms with Gasteiger partial charge in [0.15, 0.2) is 5.78 Å². The van der Waals surface area contributed by atoms with Gasteiger partial charge in [-0.25, -0.2) is 0 Å². The lowest BCUT2D eigenvalue weighted by Gasteiger charge is -2.46. The molecule has 1 saturated heterocycles. The molecule has 1 aliphatic carbocycles. The van der Waals surface area contributed by atoms with Crippen LogP contribution >= 0.6 is 0 Å². The van der Waals surface area contributed by atoms with E-state index in [1.807, 2.05) is 43.3 Å². The Balaban J connectivity index is 2.01. The van der Waals surface area contributed by atoms with Crippen molar-refractivity contribution in [2.45, 2.75) is 44.2 Å². The number of piperidine rings is 1. The molecule has 4 heteroatoms. The summed E-state index contributed by atoms with van der Waals surface area (Å²) in [7, 11) is 0. The minimum Gasteiger partial charge on any atom is -0.314 e. The molecule has 110 valence electrons. The van der Waals surface area contributed by atoms with E-state index in [2.05, 4.69) is 0 Å². The number of carbonyl (C=O) groups is 2. The van der Waals surface area contributed by atoms with E-state index in [4.69, 9.17) is 5.73 Å². The number of nitrogens with zero attached hydrogens (tertiary/aromatic N) is 1. The Morgan fingerprint density at radius 3 is 2.62 bits per heavy atom. The first-order valence-corrected chi connectivity index (χ1v) is 7.44. The Kier molecular flexibility index (Phi) is 3.41. The first kappa shape index (κ1) is 14.0. The number of hydrogen-bond donors (Lipinski definition) is 1. The van der Waals surface area contributed by atoms with Crippen LogP contribution in [0, 0.1) is 0 Å². The maximum Gasteiger partial charge on any atom is 0.227 e. The van der Waals surface area contributed by atoms with Crippen LogP contribution in [0.5, 0.6) is 0 Å². The average Bonchev–Trinajstić information content (AvgIpc) is 2.50. The van der Waals surface area contributed by atoms with Gasteiger partial charge in [-0.2, -0.15) is 0 Å². The first-order chi connectivity index (χ1) is 10.0. The zero-order valence-electron chi connectivity index (χ0n) is 12.2. The van der Waals surface area contributed by atoms with Gasteiger partial charge in [0, 0.05) is 18.5 Å². The van der Waals surface area contributed by atoms with Crippen molar-refractivity contribution in [3.05, 3.63) is 47.7 Å². The highest BCUT2D eigenvalue weighted by Gasteiger charge is 2.48. The molecule has 2 aliphatic rings. The number of allylic oxidation sites excluding steroid dienone is 1. The highest BCUT2D eigenvalue weighted by molar-refractivity contribution is 5.96. The summed E-state index contributed by atoms with van der Waals surface area (Å²) in [6.45, 7) is 1.99. The van der Waals surface area contributed by atoms with Gasteiger partial charge in [0.1, 0.15) is 5.54 Å². The van der Waals surface area contributed by atoms with E-state index >= 15 is 0 Å². The number of Topliss-reactive ketones (excluding diaryl/α,β-unsaturated/α-hetero) is 1. The van der Waals surface area contributed by atoms with Crippen molar-refractivity contribution in [3.8, 4) is 0 Å². The van der Waals surface area contributed by atoms with Crippen LogP contribution in [0.2, 0.25) is 0 Å². The molecule has 0 unspecified atom stereocenters. The lowest BCUT2D eigenvalue weighted by molar-refractivity contribution is -0.137. The van der Waals surface area contributed by atoms with E-state index in [0.717, 1.165) is 5.56 Å².